The van der Waals surface area contributed by atoms with Gasteiger partial charge in [-0.3, -0.25) is 14.9 Å². The summed E-state index contributed by atoms with van der Waals surface area (Å²) in [6.07, 6.45) is 1.69. The molecule has 1 fully saturated rings. The molecule has 1 aromatic carbocycles. The van der Waals surface area contributed by atoms with Gasteiger partial charge in [0.2, 0.25) is 0 Å². The molecule has 1 aliphatic heterocycles. The Morgan fingerprint density at radius 1 is 1.33 bits per heavy atom. The number of methoxy groups -OCH3 is 2. The van der Waals surface area contributed by atoms with Gasteiger partial charge in [-0.25, -0.2) is 4.79 Å². The summed E-state index contributed by atoms with van der Waals surface area (Å²) in [4.78, 5) is 37.0. The van der Waals surface area contributed by atoms with Crippen LogP contribution in [0.3, 0.4) is 0 Å². The molecule has 1 atom stereocenters. The smallest absolute Gasteiger partial charge is 0.329 e. The Bertz CT molecular complexity index is 725. The van der Waals surface area contributed by atoms with Gasteiger partial charge in [0, 0.05) is 11.8 Å². The number of carbonyl (C=O) groups excluding carboxylic acids is 2. The van der Waals surface area contributed by atoms with Crippen molar-refractivity contribution in [3.63, 3.8) is 0 Å². The standard InChI is InChI=1S/C17H22N2O7S/c1-4-5-6-26-15-8-12(19(22)23)11(7-14(15)24-2)16(20)18-10-27-9-13(18)17(21)25-3/h7-8,13H,4-6,9-10H2,1-3H3/t13-/m0/s1. The van der Waals surface area contributed by atoms with Crippen LogP contribution in [-0.4, -0.2) is 60.2 Å². The van der Waals surface area contributed by atoms with Gasteiger partial charge in [-0.1, -0.05) is 13.3 Å². The first-order valence-corrected chi connectivity index (χ1v) is 9.55. The third-order valence-electron chi connectivity index (χ3n) is 4.08. The summed E-state index contributed by atoms with van der Waals surface area (Å²) in [6.45, 7) is 2.38. The van der Waals surface area contributed by atoms with E-state index in [9.17, 15) is 19.7 Å². The van der Waals surface area contributed by atoms with Gasteiger partial charge in [0.15, 0.2) is 11.5 Å². The molecule has 1 saturated heterocycles. The summed E-state index contributed by atoms with van der Waals surface area (Å²) in [5, 5.41) is 11.5. The summed E-state index contributed by atoms with van der Waals surface area (Å²) >= 11 is 1.38. The second-order valence-electron chi connectivity index (χ2n) is 5.79. The zero-order valence-corrected chi connectivity index (χ0v) is 16.2. The van der Waals surface area contributed by atoms with Crippen LogP contribution in [-0.2, 0) is 9.53 Å². The van der Waals surface area contributed by atoms with Crippen molar-refractivity contribution in [2.75, 3.05) is 32.5 Å². The number of carbonyl (C=O) groups is 2. The monoisotopic (exact) mass is 398 g/mol. The first-order chi connectivity index (χ1) is 12.9. The molecule has 9 nitrogen and oxygen atoms in total. The number of nitrogens with zero attached hydrogens (tertiary/aromatic N) is 2. The lowest BCUT2D eigenvalue weighted by Gasteiger charge is -2.22. The predicted octanol–water partition coefficient (Wildman–Crippen LogP) is 2.47. The van der Waals surface area contributed by atoms with Crippen molar-refractivity contribution in [3.8, 4) is 11.5 Å². The summed E-state index contributed by atoms with van der Waals surface area (Å²) < 4.78 is 15.5. The number of nitro benzene ring substituents is 1. The highest BCUT2D eigenvalue weighted by Gasteiger charge is 2.38. The number of hydrogen-bond acceptors (Lipinski definition) is 8. The van der Waals surface area contributed by atoms with Gasteiger partial charge in [-0.15, -0.1) is 11.8 Å². The Hall–Kier alpha value is -2.49. The number of rotatable bonds is 8. The zero-order chi connectivity index (χ0) is 20.0. The first kappa shape index (κ1) is 20.8. The second-order valence-corrected chi connectivity index (χ2v) is 6.79. The van der Waals surface area contributed by atoms with Gasteiger partial charge in [0.1, 0.15) is 11.6 Å². The Balaban J connectivity index is 2.40. The lowest BCUT2D eigenvalue weighted by atomic mass is 10.1. The van der Waals surface area contributed by atoms with Crippen LogP contribution in [0.4, 0.5) is 5.69 Å². The Morgan fingerprint density at radius 2 is 2.07 bits per heavy atom. The molecular formula is C17H22N2O7S. The minimum atomic E-state index is -0.779. The summed E-state index contributed by atoms with van der Waals surface area (Å²) in [5.74, 6) is -0.131. The number of nitro groups is 1. The van der Waals surface area contributed by atoms with Crippen LogP contribution in [0, 0.1) is 10.1 Å². The number of hydrogen-bond donors (Lipinski definition) is 0. The van der Waals surface area contributed by atoms with E-state index >= 15 is 0 Å². The molecule has 148 valence electrons. The summed E-state index contributed by atoms with van der Waals surface area (Å²) in [6, 6.07) is 1.70. The van der Waals surface area contributed by atoms with Crippen LogP contribution < -0.4 is 9.47 Å². The van der Waals surface area contributed by atoms with Crippen molar-refractivity contribution in [1.29, 1.82) is 0 Å². The highest BCUT2D eigenvalue weighted by Crippen LogP contribution is 2.36. The molecule has 0 spiro atoms. The SMILES string of the molecule is CCCCOc1cc([N+](=O)[O-])c(C(=O)N2CSC[C@H]2C(=O)OC)cc1OC. The molecule has 0 bridgehead atoms. The highest BCUT2D eigenvalue weighted by atomic mass is 32.2. The number of unbranched alkanes of at least 4 members (excludes halogenated alkanes) is 1. The lowest BCUT2D eigenvalue weighted by molar-refractivity contribution is -0.385. The van der Waals surface area contributed by atoms with Crippen LogP contribution in [0.2, 0.25) is 0 Å². The molecule has 0 saturated carbocycles. The molecule has 1 aromatic rings. The Labute approximate surface area is 161 Å². The van der Waals surface area contributed by atoms with E-state index in [0.717, 1.165) is 12.8 Å². The molecule has 1 amide bonds. The van der Waals surface area contributed by atoms with E-state index < -0.39 is 28.5 Å². The maximum atomic E-state index is 12.9. The molecule has 1 heterocycles. The average molecular weight is 398 g/mol. The van der Waals surface area contributed by atoms with Crippen LogP contribution in [0.15, 0.2) is 12.1 Å². The summed E-state index contributed by atoms with van der Waals surface area (Å²) in [7, 11) is 2.63. The number of ether oxygens (including phenoxy) is 3. The maximum absolute atomic E-state index is 12.9. The third-order valence-corrected chi connectivity index (χ3v) is 5.09. The van der Waals surface area contributed by atoms with E-state index in [1.165, 1.54) is 43.0 Å². The predicted molar refractivity (Wildman–Crippen MR) is 99.3 cm³/mol. The molecular weight excluding hydrogens is 376 g/mol. The number of thioether (sulfide) groups is 1. The average Bonchev–Trinajstić information content (AvgIpc) is 3.16. The number of esters is 1. The fourth-order valence-corrected chi connectivity index (χ4v) is 3.74. The normalized spacial score (nSPS) is 16.1. The number of benzene rings is 1. The van der Waals surface area contributed by atoms with E-state index in [0.29, 0.717) is 12.4 Å². The second kappa shape index (κ2) is 9.45. The van der Waals surface area contributed by atoms with Crippen LogP contribution in [0.1, 0.15) is 30.1 Å². The minimum absolute atomic E-state index is 0.156. The molecule has 0 N–H and O–H groups in total. The third kappa shape index (κ3) is 4.62. The van der Waals surface area contributed by atoms with Crippen LogP contribution in [0.25, 0.3) is 0 Å². The highest BCUT2D eigenvalue weighted by molar-refractivity contribution is 7.99. The van der Waals surface area contributed by atoms with Crippen molar-refractivity contribution in [3.05, 3.63) is 27.8 Å². The molecule has 1 aliphatic rings. The fourth-order valence-electron chi connectivity index (χ4n) is 2.60. The van der Waals surface area contributed by atoms with Crippen molar-refractivity contribution < 1.29 is 28.7 Å². The molecule has 0 radical (unpaired) electrons. The van der Waals surface area contributed by atoms with Crippen molar-refractivity contribution in [2.24, 2.45) is 0 Å². The zero-order valence-electron chi connectivity index (χ0n) is 15.4. The van der Waals surface area contributed by atoms with E-state index in [1.54, 1.807) is 0 Å². The van der Waals surface area contributed by atoms with Crippen LogP contribution in [0.5, 0.6) is 11.5 Å². The fraction of sp³-hybridized carbons (Fsp3) is 0.529. The molecule has 2 rings (SSSR count). The van der Waals surface area contributed by atoms with Gasteiger partial charge >= 0.3 is 5.97 Å². The van der Waals surface area contributed by atoms with Crippen LogP contribution >= 0.6 is 11.8 Å². The van der Waals surface area contributed by atoms with Gasteiger partial charge in [-0.05, 0) is 6.42 Å². The minimum Gasteiger partial charge on any atom is -0.493 e. The van der Waals surface area contributed by atoms with Crippen molar-refractivity contribution >= 4 is 29.3 Å². The van der Waals surface area contributed by atoms with Gasteiger partial charge in [0.25, 0.3) is 11.6 Å². The van der Waals surface area contributed by atoms with Crippen molar-refractivity contribution in [2.45, 2.75) is 25.8 Å². The Kier molecular flexibility index (Phi) is 7.28. The number of amides is 1. The van der Waals surface area contributed by atoms with E-state index in [-0.39, 0.29) is 22.9 Å². The molecule has 0 aromatic heterocycles. The molecule has 27 heavy (non-hydrogen) atoms. The van der Waals surface area contributed by atoms with Gasteiger partial charge in [-0.2, -0.15) is 0 Å². The van der Waals surface area contributed by atoms with Gasteiger partial charge in [0.05, 0.1) is 37.7 Å². The van der Waals surface area contributed by atoms with E-state index in [2.05, 4.69) is 0 Å². The quantitative estimate of drug-likeness (QED) is 0.284. The molecule has 0 aliphatic carbocycles. The molecule has 10 heteroatoms. The lowest BCUT2D eigenvalue weighted by Crippen LogP contribution is -2.42. The molecule has 0 unspecified atom stereocenters. The summed E-state index contributed by atoms with van der Waals surface area (Å²) in [5.41, 5.74) is -0.552. The topological polar surface area (TPSA) is 108 Å². The Morgan fingerprint density at radius 3 is 2.67 bits per heavy atom. The van der Waals surface area contributed by atoms with Gasteiger partial charge < -0.3 is 19.1 Å². The van der Waals surface area contributed by atoms with E-state index in [4.69, 9.17) is 14.2 Å². The van der Waals surface area contributed by atoms with Crippen molar-refractivity contribution in [1.82, 2.24) is 4.90 Å². The maximum Gasteiger partial charge on any atom is 0.329 e. The first-order valence-electron chi connectivity index (χ1n) is 8.40. The van der Waals surface area contributed by atoms with E-state index in [1.807, 2.05) is 6.92 Å². The largest absolute Gasteiger partial charge is 0.493 e.